The molecule has 176 valence electrons. The molecule has 0 spiro atoms. The van der Waals surface area contributed by atoms with Gasteiger partial charge in [-0.2, -0.15) is 0 Å². The zero-order valence-corrected chi connectivity index (χ0v) is 20.3. The van der Waals surface area contributed by atoms with Crippen molar-refractivity contribution < 1.29 is 14.3 Å². The third-order valence-corrected chi connectivity index (χ3v) is 7.48. The van der Waals surface area contributed by atoms with Crippen LogP contribution in [0.2, 0.25) is 0 Å². The molecule has 0 saturated heterocycles. The number of carbonyl (C=O) groups is 2. The lowest BCUT2D eigenvalue weighted by Gasteiger charge is -2.10. The number of para-hydroxylation sites is 3. The molecule has 5 rings (SSSR count). The van der Waals surface area contributed by atoms with E-state index in [1.54, 1.807) is 31.2 Å². The lowest BCUT2D eigenvalue weighted by Crippen LogP contribution is -2.28. The number of aromatic nitrogens is 3. The fourth-order valence-electron chi connectivity index (χ4n) is 3.66. The number of benzene rings is 2. The van der Waals surface area contributed by atoms with E-state index in [9.17, 15) is 14.4 Å². The van der Waals surface area contributed by atoms with Gasteiger partial charge in [-0.05, 0) is 36.8 Å². The Morgan fingerprint density at radius 3 is 2.63 bits per heavy atom. The van der Waals surface area contributed by atoms with Gasteiger partial charge in [0.25, 0.3) is 11.5 Å². The minimum absolute atomic E-state index is 0.234. The van der Waals surface area contributed by atoms with E-state index in [4.69, 9.17) is 4.74 Å². The molecule has 9 nitrogen and oxygen atoms in total. The van der Waals surface area contributed by atoms with E-state index < -0.39 is 11.5 Å². The topological polar surface area (TPSA) is 115 Å². The maximum Gasteiger partial charge on any atom is 0.267 e. The van der Waals surface area contributed by atoms with Crippen LogP contribution in [0.3, 0.4) is 0 Å². The molecule has 0 saturated carbocycles. The molecule has 11 heteroatoms. The van der Waals surface area contributed by atoms with E-state index in [-0.39, 0.29) is 12.5 Å². The summed E-state index contributed by atoms with van der Waals surface area (Å²) in [7, 11) is 1.51. The first-order valence-corrected chi connectivity index (χ1v) is 12.2. The van der Waals surface area contributed by atoms with Crippen molar-refractivity contribution in [3.8, 4) is 5.75 Å². The van der Waals surface area contributed by atoms with Gasteiger partial charge in [0.1, 0.15) is 17.1 Å². The summed E-state index contributed by atoms with van der Waals surface area (Å²) in [5, 5.41) is 6.36. The number of thiazole rings is 1. The summed E-state index contributed by atoms with van der Waals surface area (Å²) >= 11 is 2.51. The maximum atomic E-state index is 13.2. The van der Waals surface area contributed by atoms with Gasteiger partial charge >= 0.3 is 0 Å². The highest BCUT2D eigenvalue weighted by atomic mass is 32.1. The summed E-state index contributed by atoms with van der Waals surface area (Å²) in [5.74, 6) is -0.247. The van der Waals surface area contributed by atoms with Crippen LogP contribution in [0.15, 0.2) is 59.7 Å². The Hall–Kier alpha value is -4.09. The number of hydrogen-bond donors (Lipinski definition) is 2. The van der Waals surface area contributed by atoms with Crippen molar-refractivity contribution in [3.63, 3.8) is 0 Å². The van der Waals surface area contributed by atoms with E-state index in [1.807, 2.05) is 24.3 Å². The molecule has 0 aliphatic rings. The summed E-state index contributed by atoms with van der Waals surface area (Å²) < 4.78 is 7.43. The van der Waals surface area contributed by atoms with Gasteiger partial charge in [-0.25, -0.2) is 9.97 Å². The molecule has 35 heavy (non-hydrogen) atoms. The zero-order chi connectivity index (χ0) is 24.5. The minimum atomic E-state index is -0.403. The van der Waals surface area contributed by atoms with Crippen LogP contribution in [0.5, 0.6) is 5.75 Å². The number of aryl methyl sites for hydroxylation is 1. The number of hydrogen-bond acceptors (Lipinski definition) is 8. The summed E-state index contributed by atoms with van der Waals surface area (Å²) in [6.45, 7) is 1.47. The molecule has 0 bridgehead atoms. The molecule has 0 aliphatic carbocycles. The third kappa shape index (κ3) is 4.38. The summed E-state index contributed by atoms with van der Waals surface area (Å²) in [6.07, 6.45) is 1.32. The third-order valence-electron chi connectivity index (χ3n) is 5.33. The van der Waals surface area contributed by atoms with Gasteiger partial charge in [0.15, 0.2) is 5.13 Å². The Morgan fingerprint density at radius 1 is 1.06 bits per heavy atom. The maximum absolute atomic E-state index is 13.2. The van der Waals surface area contributed by atoms with Gasteiger partial charge in [0.2, 0.25) is 5.91 Å². The van der Waals surface area contributed by atoms with Crippen molar-refractivity contribution in [2.75, 3.05) is 17.7 Å². The Labute approximate surface area is 207 Å². The van der Waals surface area contributed by atoms with Crippen molar-refractivity contribution in [2.24, 2.45) is 0 Å². The average molecular weight is 506 g/mol. The summed E-state index contributed by atoms with van der Waals surface area (Å²) in [6, 6.07) is 14.6. The van der Waals surface area contributed by atoms with E-state index >= 15 is 0 Å². The highest BCUT2D eigenvalue weighted by Gasteiger charge is 2.21. The number of rotatable bonds is 6. The number of ether oxygens (including phenoxy) is 1. The fraction of sp³-hybridized carbons (Fsp3) is 0.125. The number of fused-ring (bicyclic) bond motifs is 2. The molecule has 5 aromatic rings. The Kier molecular flexibility index (Phi) is 6.01. The number of nitrogens with zero attached hydrogens (tertiary/aromatic N) is 3. The number of carbonyl (C=O) groups excluding carboxylic acids is 2. The van der Waals surface area contributed by atoms with Crippen molar-refractivity contribution in [3.05, 3.63) is 75.7 Å². The molecule has 3 heterocycles. The lowest BCUT2D eigenvalue weighted by molar-refractivity contribution is -0.116. The van der Waals surface area contributed by atoms with Crippen molar-refractivity contribution in [1.82, 2.24) is 14.5 Å². The van der Waals surface area contributed by atoms with Crippen LogP contribution in [0.4, 0.5) is 10.8 Å². The van der Waals surface area contributed by atoms with E-state index in [0.717, 1.165) is 21.6 Å². The van der Waals surface area contributed by atoms with Crippen LogP contribution in [0.25, 0.3) is 20.4 Å². The van der Waals surface area contributed by atoms with Crippen molar-refractivity contribution in [1.29, 1.82) is 0 Å². The van der Waals surface area contributed by atoms with Crippen molar-refractivity contribution in [2.45, 2.75) is 13.5 Å². The summed E-state index contributed by atoms with van der Waals surface area (Å²) in [4.78, 5) is 48.3. The second kappa shape index (κ2) is 9.28. The summed E-state index contributed by atoms with van der Waals surface area (Å²) in [5.41, 5.74) is 1.43. The van der Waals surface area contributed by atoms with E-state index in [0.29, 0.717) is 37.2 Å². The van der Waals surface area contributed by atoms with Crippen LogP contribution in [-0.2, 0) is 11.3 Å². The van der Waals surface area contributed by atoms with Gasteiger partial charge in [-0.1, -0.05) is 35.6 Å². The van der Waals surface area contributed by atoms with Gasteiger partial charge in [-0.15, -0.1) is 11.3 Å². The SMILES string of the molecule is COc1ccccc1NC(=O)Cn1cnc2sc(C(=O)Nc3nc4ccccc4s3)c(C)c2c1=O. The molecule has 2 amide bonds. The fourth-order valence-corrected chi connectivity index (χ4v) is 5.56. The Bertz CT molecular complexity index is 1620. The number of nitrogens with one attached hydrogen (secondary N) is 2. The Morgan fingerprint density at radius 2 is 1.83 bits per heavy atom. The molecule has 0 atom stereocenters. The molecular weight excluding hydrogens is 486 g/mol. The Balaban J connectivity index is 1.39. The molecule has 0 fully saturated rings. The van der Waals surface area contributed by atoms with Gasteiger partial charge in [0, 0.05) is 0 Å². The molecule has 2 aromatic carbocycles. The standard InChI is InChI=1S/C24H19N5O4S2/c1-13-19-22(35-20(13)21(31)28-24-27-15-8-4-6-10-17(15)34-24)25-12-29(23(19)32)11-18(30)26-14-7-3-5-9-16(14)33-2/h3-10,12H,11H2,1-2H3,(H,26,30)(H,27,28,31). The quantitative estimate of drug-likeness (QED) is 0.356. The molecular formula is C24H19N5O4S2. The predicted octanol–water partition coefficient (Wildman–Crippen LogP) is 4.28. The number of amides is 2. The van der Waals surface area contributed by atoms with Gasteiger partial charge < -0.3 is 10.1 Å². The first-order chi connectivity index (χ1) is 16.9. The number of methoxy groups -OCH3 is 1. The highest BCUT2D eigenvalue weighted by molar-refractivity contribution is 7.23. The first-order valence-electron chi connectivity index (χ1n) is 10.5. The zero-order valence-electron chi connectivity index (χ0n) is 18.7. The van der Waals surface area contributed by atoms with E-state index in [1.165, 1.54) is 29.3 Å². The number of anilines is 2. The monoisotopic (exact) mass is 505 g/mol. The normalized spacial score (nSPS) is 11.0. The highest BCUT2D eigenvalue weighted by Crippen LogP contribution is 2.30. The average Bonchev–Trinajstić information content (AvgIpc) is 3.41. The van der Waals surface area contributed by atoms with Crippen LogP contribution >= 0.6 is 22.7 Å². The second-order valence-corrected chi connectivity index (χ2v) is 9.63. The van der Waals surface area contributed by atoms with Crippen LogP contribution in [0.1, 0.15) is 15.2 Å². The van der Waals surface area contributed by atoms with Gasteiger partial charge in [-0.3, -0.25) is 24.3 Å². The molecule has 0 aliphatic heterocycles. The van der Waals surface area contributed by atoms with Crippen molar-refractivity contribution >= 4 is 65.7 Å². The number of thiophene rings is 1. The first kappa shape index (κ1) is 22.7. The smallest absolute Gasteiger partial charge is 0.267 e. The molecule has 3 aromatic heterocycles. The van der Waals surface area contributed by atoms with Gasteiger partial charge in [0.05, 0.1) is 39.6 Å². The lowest BCUT2D eigenvalue weighted by atomic mass is 10.2. The minimum Gasteiger partial charge on any atom is -0.495 e. The molecule has 0 unspecified atom stereocenters. The molecule has 0 radical (unpaired) electrons. The molecule has 2 N–H and O–H groups in total. The van der Waals surface area contributed by atoms with Crippen LogP contribution in [0, 0.1) is 6.92 Å². The van der Waals surface area contributed by atoms with Crippen LogP contribution in [-0.4, -0.2) is 33.5 Å². The van der Waals surface area contributed by atoms with Crippen LogP contribution < -0.4 is 20.9 Å². The second-order valence-electron chi connectivity index (χ2n) is 7.60. The van der Waals surface area contributed by atoms with E-state index in [2.05, 4.69) is 20.6 Å². The largest absolute Gasteiger partial charge is 0.495 e. The predicted molar refractivity (Wildman–Crippen MR) is 138 cm³/mol.